The summed E-state index contributed by atoms with van der Waals surface area (Å²) in [6.07, 6.45) is 2.28. The summed E-state index contributed by atoms with van der Waals surface area (Å²) in [6, 6.07) is 15.1. The average Bonchev–Trinajstić information content (AvgIpc) is 2.62. The Morgan fingerprint density at radius 2 is 1.78 bits per heavy atom. The van der Waals surface area contributed by atoms with Crippen LogP contribution in [-0.2, 0) is 16.6 Å². The first-order valence-corrected chi connectivity index (χ1v) is 9.18. The predicted octanol–water partition coefficient (Wildman–Crippen LogP) is 5.27. The highest BCUT2D eigenvalue weighted by Crippen LogP contribution is 2.27. The number of rotatable bonds is 4. The molecule has 27 heavy (non-hydrogen) atoms. The highest BCUT2D eigenvalue weighted by atomic mass is 19.1. The van der Waals surface area contributed by atoms with Crippen molar-refractivity contribution in [3.63, 3.8) is 0 Å². The van der Waals surface area contributed by atoms with E-state index in [4.69, 9.17) is 0 Å². The van der Waals surface area contributed by atoms with Gasteiger partial charge in [-0.1, -0.05) is 57.2 Å². The summed E-state index contributed by atoms with van der Waals surface area (Å²) in [5.41, 5.74) is 3.54. The number of benzene rings is 2. The van der Waals surface area contributed by atoms with Gasteiger partial charge in [-0.2, -0.15) is 0 Å². The predicted molar refractivity (Wildman–Crippen MR) is 109 cm³/mol. The van der Waals surface area contributed by atoms with Gasteiger partial charge < -0.3 is 4.90 Å². The lowest BCUT2D eigenvalue weighted by Gasteiger charge is -2.23. The van der Waals surface area contributed by atoms with E-state index in [9.17, 15) is 9.18 Å². The minimum atomic E-state index is -0.379. The van der Waals surface area contributed by atoms with E-state index in [1.165, 1.54) is 24.1 Å². The molecule has 0 unspecified atom stereocenters. The van der Waals surface area contributed by atoms with Crippen molar-refractivity contribution >= 4 is 22.5 Å². The molecule has 1 aromatic heterocycles. The fraction of sp³-hybridized carbons (Fsp3) is 0.304. The maximum atomic E-state index is 14.0. The van der Waals surface area contributed by atoms with Crippen molar-refractivity contribution < 1.29 is 9.18 Å². The molecule has 0 aliphatic heterocycles. The molecule has 0 saturated heterocycles. The van der Waals surface area contributed by atoms with Gasteiger partial charge in [-0.05, 0) is 35.1 Å². The maximum absolute atomic E-state index is 14.0. The first-order valence-electron chi connectivity index (χ1n) is 9.18. The van der Waals surface area contributed by atoms with Gasteiger partial charge in [-0.25, -0.2) is 4.39 Å². The number of anilines is 1. The second-order valence-corrected chi connectivity index (χ2v) is 7.83. The summed E-state index contributed by atoms with van der Waals surface area (Å²) >= 11 is 0. The van der Waals surface area contributed by atoms with Gasteiger partial charge >= 0.3 is 0 Å². The van der Waals surface area contributed by atoms with E-state index in [1.54, 1.807) is 29.3 Å². The van der Waals surface area contributed by atoms with Crippen molar-refractivity contribution in [3.05, 3.63) is 71.7 Å². The molecule has 4 heteroatoms. The zero-order valence-corrected chi connectivity index (χ0v) is 16.3. The van der Waals surface area contributed by atoms with Gasteiger partial charge in [-0.15, -0.1) is 0 Å². The van der Waals surface area contributed by atoms with Crippen LogP contribution in [0.3, 0.4) is 0 Å². The topological polar surface area (TPSA) is 33.2 Å². The van der Waals surface area contributed by atoms with Crippen LogP contribution in [0.15, 0.2) is 54.7 Å². The molecule has 0 radical (unpaired) electrons. The van der Waals surface area contributed by atoms with Gasteiger partial charge in [0.05, 0.1) is 5.69 Å². The van der Waals surface area contributed by atoms with E-state index in [2.05, 4.69) is 50.0 Å². The van der Waals surface area contributed by atoms with E-state index >= 15 is 0 Å². The molecule has 0 fully saturated rings. The Morgan fingerprint density at radius 3 is 2.41 bits per heavy atom. The van der Waals surface area contributed by atoms with E-state index in [0.29, 0.717) is 17.6 Å². The lowest BCUT2D eigenvalue weighted by atomic mass is 9.86. The summed E-state index contributed by atoms with van der Waals surface area (Å²) < 4.78 is 14.0. The summed E-state index contributed by atoms with van der Waals surface area (Å²) in [5, 5.41) is 0.649. The molecule has 0 aliphatic rings. The normalized spacial score (nSPS) is 11.6. The number of para-hydroxylation sites is 1. The summed E-state index contributed by atoms with van der Waals surface area (Å²) in [7, 11) is 0. The fourth-order valence-electron chi connectivity index (χ4n) is 3.22. The van der Waals surface area contributed by atoms with Crippen molar-refractivity contribution in [2.75, 3.05) is 11.4 Å². The van der Waals surface area contributed by atoms with Gasteiger partial charge in [0.25, 0.3) is 0 Å². The molecule has 3 nitrogen and oxygen atoms in total. The van der Waals surface area contributed by atoms with E-state index in [1.807, 2.05) is 0 Å². The molecule has 1 heterocycles. The Balaban J connectivity index is 1.86. The Morgan fingerprint density at radius 1 is 1.07 bits per heavy atom. The third-order valence-electron chi connectivity index (χ3n) is 4.81. The highest BCUT2D eigenvalue weighted by molar-refractivity contribution is 6.01. The molecule has 0 saturated carbocycles. The Labute approximate surface area is 159 Å². The van der Waals surface area contributed by atoms with E-state index < -0.39 is 0 Å². The van der Waals surface area contributed by atoms with Crippen LogP contribution in [0.1, 0.15) is 38.8 Å². The summed E-state index contributed by atoms with van der Waals surface area (Å²) in [5.74, 6) is -0.450. The molecule has 1 amide bonds. The van der Waals surface area contributed by atoms with Gasteiger partial charge in [0.2, 0.25) is 5.91 Å². The number of fused-ring (bicyclic) bond motifs is 1. The average molecular weight is 364 g/mol. The molecule has 0 aliphatic carbocycles. The number of amides is 1. The molecule has 0 N–H and O–H groups in total. The van der Waals surface area contributed by atoms with Crippen LogP contribution in [0, 0.1) is 5.82 Å². The van der Waals surface area contributed by atoms with E-state index in [0.717, 1.165) is 6.42 Å². The van der Waals surface area contributed by atoms with Gasteiger partial charge in [0, 0.05) is 25.1 Å². The number of carbonyl (C=O) groups is 1. The van der Waals surface area contributed by atoms with Gasteiger partial charge in [0.1, 0.15) is 11.3 Å². The quantitative estimate of drug-likeness (QED) is 0.632. The van der Waals surface area contributed by atoms with Crippen molar-refractivity contribution in [1.29, 1.82) is 0 Å². The highest BCUT2D eigenvalue weighted by Gasteiger charge is 2.17. The molecular weight excluding hydrogens is 339 g/mol. The molecule has 0 spiro atoms. The number of hydrogen-bond donors (Lipinski definition) is 0. The van der Waals surface area contributed by atoms with Crippen LogP contribution < -0.4 is 4.90 Å². The lowest BCUT2D eigenvalue weighted by molar-refractivity contribution is -0.116. The first kappa shape index (κ1) is 19.0. The van der Waals surface area contributed by atoms with Crippen LogP contribution in [-0.4, -0.2) is 17.4 Å². The van der Waals surface area contributed by atoms with Crippen molar-refractivity contribution in [2.24, 2.45) is 0 Å². The molecule has 2 aromatic carbocycles. The Kier molecular flexibility index (Phi) is 5.26. The van der Waals surface area contributed by atoms with Crippen LogP contribution in [0.25, 0.3) is 10.9 Å². The smallest absolute Gasteiger partial charge is 0.223 e. The molecule has 3 aromatic rings. The number of pyridine rings is 1. The first-order chi connectivity index (χ1) is 12.8. The van der Waals surface area contributed by atoms with Crippen LogP contribution in [0.2, 0.25) is 0 Å². The minimum absolute atomic E-state index is 0.0712. The number of halogens is 1. The Bertz CT molecular complexity index is 958. The molecule has 0 bridgehead atoms. The van der Waals surface area contributed by atoms with Gasteiger partial charge in [0.15, 0.2) is 0 Å². The molecule has 140 valence electrons. The standard InChI is InChI=1S/C23H25FN2O/c1-16(27)26(15-13-17-8-10-18(11-9-17)23(2,3)4)21-12-14-25-22-19(21)6-5-7-20(22)24/h5-12,14H,13,15H2,1-4H3. The SMILES string of the molecule is CC(=O)N(CCc1ccc(C(C)(C)C)cc1)c1ccnc2c(F)cccc12. The van der Waals surface area contributed by atoms with E-state index in [-0.39, 0.29) is 22.7 Å². The lowest BCUT2D eigenvalue weighted by Crippen LogP contribution is -2.31. The van der Waals surface area contributed by atoms with Crippen molar-refractivity contribution in [2.45, 2.75) is 39.5 Å². The maximum Gasteiger partial charge on any atom is 0.223 e. The second-order valence-electron chi connectivity index (χ2n) is 7.83. The largest absolute Gasteiger partial charge is 0.312 e. The molecule has 0 atom stereocenters. The molecule has 3 rings (SSSR count). The van der Waals surface area contributed by atoms with Crippen molar-refractivity contribution in [3.8, 4) is 0 Å². The van der Waals surface area contributed by atoms with Crippen LogP contribution >= 0.6 is 0 Å². The summed E-state index contributed by atoms with van der Waals surface area (Å²) in [6.45, 7) is 8.63. The number of carbonyl (C=O) groups excluding carboxylic acids is 1. The number of nitrogens with zero attached hydrogens (tertiary/aromatic N) is 2. The minimum Gasteiger partial charge on any atom is -0.312 e. The second kappa shape index (κ2) is 7.47. The number of hydrogen-bond acceptors (Lipinski definition) is 2. The van der Waals surface area contributed by atoms with Gasteiger partial charge in [-0.3, -0.25) is 9.78 Å². The third kappa shape index (κ3) is 4.16. The van der Waals surface area contributed by atoms with Crippen LogP contribution in [0.4, 0.5) is 10.1 Å². The monoisotopic (exact) mass is 364 g/mol. The third-order valence-corrected chi connectivity index (χ3v) is 4.81. The number of aromatic nitrogens is 1. The van der Waals surface area contributed by atoms with Crippen molar-refractivity contribution in [1.82, 2.24) is 4.98 Å². The zero-order chi connectivity index (χ0) is 19.6. The zero-order valence-electron chi connectivity index (χ0n) is 16.3. The Hall–Kier alpha value is -2.75. The summed E-state index contributed by atoms with van der Waals surface area (Å²) in [4.78, 5) is 18.1. The van der Waals surface area contributed by atoms with Crippen LogP contribution in [0.5, 0.6) is 0 Å². The fourth-order valence-corrected chi connectivity index (χ4v) is 3.22. The molecular formula is C23H25FN2O.